The van der Waals surface area contributed by atoms with Crippen LogP contribution in [0.5, 0.6) is 0 Å². The minimum absolute atomic E-state index is 0. The largest absolute Gasteiger partial charge is 0.394 e. The third kappa shape index (κ3) is 44.5. The molecule has 0 bridgehead atoms. The molecule has 4 unspecified atom stereocenters. The molecule has 0 aliphatic rings. The molecule has 0 aromatic rings. The Kier molecular flexibility index (Phi) is 57.9. The zero-order valence-electron chi connectivity index (χ0n) is 15.7. The Labute approximate surface area is 264 Å². The molecule has 0 saturated carbocycles. The van der Waals surface area contributed by atoms with Crippen LogP contribution in [0.1, 0.15) is 27.7 Å². The van der Waals surface area contributed by atoms with E-state index >= 15 is 0 Å². The van der Waals surface area contributed by atoms with E-state index in [1.165, 1.54) is 0 Å². The molecule has 116 valence electrons. The molecule has 0 aliphatic heterocycles. The molecule has 0 spiro atoms. The summed E-state index contributed by atoms with van der Waals surface area (Å²) in [6.45, 7) is 7.57. The first kappa shape index (κ1) is 41.4. The normalized spacial score (nSPS) is 14.2. The Morgan fingerprint density at radius 2 is 1.05 bits per heavy atom. The number of hydrogen-bond acceptors (Lipinski definition) is 6. The van der Waals surface area contributed by atoms with Crippen LogP contribution in [0.3, 0.4) is 0 Å². The standard InChI is InChI=1S/2C6H14O3.2K.2Na/c1-5(8)4-9-6(2)3-7;1-5(7)3-9-4-6(2)8;;;;/h2*5-8H,3-4H2,1-2H3;;;;. The zero-order valence-corrected chi connectivity index (χ0v) is 26.0. The van der Waals surface area contributed by atoms with Crippen LogP contribution in [0, 0.1) is 0 Å². The van der Waals surface area contributed by atoms with Gasteiger partial charge in [0.1, 0.15) is 0 Å². The molecule has 4 atom stereocenters. The quantitative estimate of drug-likeness (QED) is 0.357. The average molecular weight is 393 g/mol. The van der Waals surface area contributed by atoms with E-state index < -0.39 is 18.3 Å². The summed E-state index contributed by atoms with van der Waals surface area (Å²) in [4.78, 5) is 0. The molecule has 0 aromatic carbocycles. The first-order chi connectivity index (χ1) is 8.29. The van der Waals surface area contributed by atoms with Crippen molar-refractivity contribution < 1.29 is 29.9 Å². The summed E-state index contributed by atoms with van der Waals surface area (Å²) < 4.78 is 9.81. The van der Waals surface area contributed by atoms with E-state index in [2.05, 4.69) is 0 Å². The zero-order chi connectivity index (χ0) is 14.6. The first-order valence-corrected chi connectivity index (χ1v) is 6.13. The maximum atomic E-state index is 8.69. The van der Waals surface area contributed by atoms with Crippen molar-refractivity contribution in [3.8, 4) is 0 Å². The van der Waals surface area contributed by atoms with Gasteiger partial charge in [0.05, 0.1) is 50.8 Å². The van der Waals surface area contributed by atoms with Crippen molar-refractivity contribution in [3.05, 3.63) is 0 Å². The van der Waals surface area contributed by atoms with E-state index in [1.807, 2.05) is 0 Å². The van der Waals surface area contributed by atoms with Crippen molar-refractivity contribution >= 4 is 162 Å². The summed E-state index contributed by atoms with van der Waals surface area (Å²) in [7, 11) is 0. The van der Waals surface area contributed by atoms with Gasteiger partial charge in [-0.1, -0.05) is 0 Å². The monoisotopic (exact) mass is 392 g/mol. The van der Waals surface area contributed by atoms with Crippen molar-refractivity contribution in [2.75, 3.05) is 26.4 Å². The van der Waals surface area contributed by atoms with Crippen molar-refractivity contribution in [1.82, 2.24) is 0 Å². The molecule has 10 heteroatoms. The van der Waals surface area contributed by atoms with E-state index in [0.717, 1.165) is 0 Å². The number of aliphatic hydroxyl groups is 4. The molecule has 22 heavy (non-hydrogen) atoms. The molecule has 0 aliphatic carbocycles. The smallest absolute Gasteiger partial charge is 0.0779 e. The molecule has 6 nitrogen and oxygen atoms in total. The van der Waals surface area contributed by atoms with E-state index in [1.54, 1.807) is 27.7 Å². The number of ether oxygens (including phenoxy) is 2. The minimum Gasteiger partial charge on any atom is -0.394 e. The second-order valence-electron chi connectivity index (χ2n) is 4.41. The predicted molar refractivity (Wildman–Crippen MR) is 91.4 cm³/mol. The topological polar surface area (TPSA) is 99.4 Å². The second-order valence-corrected chi connectivity index (χ2v) is 4.41. The molecule has 4 N–H and O–H groups in total. The molecule has 0 rings (SSSR count). The second kappa shape index (κ2) is 30.8. The van der Waals surface area contributed by atoms with Gasteiger partial charge in [-0.25, -0.2) is 0 Å². The molecular formula is C12H28K2Na2O6. The summed E-state index contributed by atoms with van der Waals surface area (Å²) in [6, 6.07) is 0. The Hall–Kier alpha value is 5.03. The van der Waals surface area contributed by atoms with E-state index in [4.69, 9.17) is 29.9 Å². The van der Waals surface area contributed by atoms with Crippen LogP contribution in [-0.4, -0.2) is 233 Å². The number of rotatable bonds is 8. The maximum absolute atomic E-state index is 8.69. The van der Waals surface area contributed by atoms with Crippen molar-refractivity contribution in [3.63, 3.8) is 0 Å². The Morgan fingerprint density at radius 1 is 0.727 bits per heavy atom. The fraction of sp³-hybridized carbons (Fsp3) is 1.00. The van der Waals surface area contributed by atoms with Crippen LogP contribution in [-0.2, 0) is 9.47 Å². The van der Waals surface area contributed by atoms with Gasteiger partial charge in [0.25, 0.3) is 0 Å². The third-order valence-corrected chi connectivity index (χ3v) is 1.60. The Morgan fingerprint density at radius 3 is 1.27 bits per heavy atom. The van der Waals surface area contributed by atoms with Crippen LogP contribution < -0.4 is 0 Å². The van der Waals surface area contributed by atoms with Gasteiger partial charge in [0, 0.05) is 162 Å². The first-order valence-electron chi connectivity index (χ1n) is 6.13. The summed E-state index contributed by atoms with van der Waals surface area (Å²) in [5.41, 5.74) is 0. The van der Waals surface area contributed by atoms with Gasteiger partial charge in [-0.05, 0) is 27.7 Å². The van der Waals surface area contributed by atoms with Crippen LogP contribution in [0.25, 0.3) is 0 Å². The Bertz CT molecular complexity index is 172. The van der Waals surface area contributed by atoms with Gasteiger partial charge in [-0.3, -0.25) is 0 Å². The molecule has 0 fully saturated rings. The van der Waals surface area contributed by atoms with Gasteiger partial charge < -0.3 is 29.9 Å². The summed E-state index contributed by atoms with van der Waals surface area (Å²) in [5, 5.41) is 34.4. The minimum atomic E-state index is -0.445. The van der Waals surface area contributed by atoms with Crippen molar-refractivity contribution in [2.45, 2.75) is 52.1 Å². The van der Waals surface area contributed by atoms with Crippen LogP contribution in [0.2, 0.25) is 0 Å². The summed E-state index contributed by atoms with van der Waals surface area (Å²) in [6.07, 6.45) is -1.49. The van der Waals surface area contributed by atoms with Gasteiger partial charge in [-0.2, -0.15) is 0 Å². The molecule has 0 amide bonds. The summed E-state index contributed by atoms with van der Waals surface area (Å²) in [5.74, 6) is 0. The van der Waals surface area contributed by atoms with E-state index in [9.17, 15) is 0 Å². The molecule has 0 heterocycles. The average Bonchev–Trinajstić information content (AvgIpc) is 2.25. The van der Waals surface area contributed by atoms with Gasteiger partial charge >= 0.3 is 0 Å². The number of aliphatic hydroxyl groups excluding tert-OH is 4. The SMILES string of the molecule is CC(O)COC(C)CO.CC(O)COCC(C)O.[K].[K].[Na].[Na]. The van der Waals surface area contributed by atoms with Crippen LogP contribution in [0.15, 0.2) is 0 Å². The van der Waals surface area contributed by atoms with E-state index in [0.29, 0.717) is 19.8 Å². The molecule has 4 radical (unpaired) electrons. The summed E-state index contributed by atoms with van der Waals surface area (Å²) >= 11 is 0. The van der Waals surface area contributed by atoms with Crippen LogP contribution in [0.4, 0.5) is 0 Å². The van der Waals surface area contributed by atoms with Gasteiger partial charge in [0.2, 0.25) is 0 Å². The fourth-order valence-corrected chi connectivity index (χ4v) is 0.765. The van der Waals surface area contributed by atoms with Gasteiger partial charge in [0.15, 0.2) is 0 Å². The molecule has 0 saturated heterocycles. The third-order valence-electron chi connectivity index (χ3n) is 1.60. The fourth-order valence-electron chi connectivity index (χ4n) is 0.765. The Balaban J connectivity index is -0.0000000492. The molecule has 0 aromatic heterocycles. The van der Waals surface area contributed by atoms with E-state index in [-0.39, 0.29) is 175 Å². The number of hydrogen-bond donors (Lipinski definition) is 4. The molecular weight excluding hydrogens is 364 g/mol. The van der Waals surface area contributed by atoms with Crippen molar-refractivity contribution in [2.24, 2.45) is 0 Å². The van der Waals surface area contributed by atoms with Gasteiger partial charge in [-0.15, -0.1) is 0 Å². The van der Waals surface area contributed by atoms with Crippen molar-refractivity contribution in [1.29, 1.82) is 0 Å². The predicted octanol–water partition coefficient (Wildman–Crippen LogP) is -1.99. The van der Waals surface area contributed by atoms with Crippen LogP contribution >= 0.6 is 0 Å². The maximum Gasteiger partial charge on any atom is 0.0779 e.